The summed E-state index contributed by atoms with van der Waals surface area (Å²) in [6, 6.07) is 2.20. The zero-order valence-corrected chi connectivity index (χ0v) is 11.7. The molecular formula is C13H22N4O2. The van der Waals surface area contributed by atoms with Gasteiger partial charge in [-0.3, -0.25) is 4.79 Å². The average molecular weight is 266 g/mol. The van der Waals surface area contributed by atoms with Crippen LogP contribution in [0.3, 0.4) is 0 Å². The summed E-state index contributed by atoms with van der Waals surface area (Å²) in [5.41, 5.74) is 0. The first-order valence-corrected chi connectivity index (χ1v) is 6.59. The Morgan fingerprint density at radius 3 is 2.74 bits per heavy atom. The van der Waals surface area contributed by atoms with Gasteiger partial charge in [0.05, 0.1) is 0 Å². The van der Waals surface area contributed by atoms with Crippen LogP contribution in [0, 0.1) is 6.92 Å². The van der Waals surface area contributed by atoms with E-state index in [1.54, 1.807) is 0 Å². The van der Waals surface area contributed by atoms with Crippen molar-refractivity contribution in [2.45, 2.75) is 46.1 Å². The Morgan fingerprint density at radius 1 is 1.42 bits per heavy atom. The zero-order chi connectivity index (χ0) is 14.3. The van der Waals surface area contributed by atoms with Crippen LogP contribution in [0.15, 0.2) is 6.07 Å². The first-order chi connectivity index (χ1) is 9.01. The highest BCUT2D eigenvalue weighted by Gasteiger charge is 2.04. The lowest BCUT2D eigenvalue weighted by Gasteiger charge is -2.14. The summed E-state index contributed by atoms with van der Waals surface area (Å²) in [6.45, 7) is 6.63. The summed E-state index contributed by atoms with van der Waals surface area (Å²) in [4.78, 5) is 19.0. The van der Waals surface area contributed by atoms with E-state index in [2.05, 4.69) is 34.4 Å². The van der Waals surface area contributed by atoms with E-state index in [-0.39, 0.29) is 6.42 Å². The van der Waals surface area contributed by atoms with Gasteiger partial charge < -0.3 is 15.7 Å². The quantitative estimate of drug-likeness (QED) is 0.626. The van der Waals surface area contributed by atoms with Crippen LogP contribution in [0.5, 0.6) is 0 Å². The molecule has 1 aromatic rings. The van der Waals surface area contributed by atoms with Crippen LogP contribution in [-0.2, 0) is 4.79 Å². The van der Waals surface area contributed by atoms with Crippen LogP contribution < -0.4 is 10.6 Å². The SMILES string of the molecule is CCC(C)Nc1cc(NCCCC(=O)O)nc(C)n1. The van der Waals surface area contributed by atoms with Gasteiger partial charge in [-0.05, 0) is 26.7 Å². The summed E-state index contributed by atoms with van der Waals surface area (Å²) in [5, 5.41) is 15.0. The van der Waals surface area contributed by atoms with Crippen molar-refractivity contribution in [2.24, 2.45) is 0 Å². The number of rotatable bonds is 8. The molecule has 1 unspecified atom stereocenters. The van der Waals surface area contributed by atoms with Crippen molar-refractivity contribution in [2.75, 3.05) is 17.2 Å². The predicted octanol–water partition coefficient (Wildman–Crippen LogP) is 2.27. The molecule has 0 spiro atoms. The molecule has 0 aliphatic heterocycles. The van der Waals surface area contributed by atoms with E-state index in [0.717, 1.165) is 18.1 Å². The molecule has 1 heterocycles. The zero-order valence-electron chi connectivity index (χ0n) is 11.7. The summed E-state index contributed by atoms with van der Waals surface area (Å²) in [5.74, 6) is 1.43. The Kier molecular flexibility index (Phi) is 6.05. The number of hydrogen-bond acceptors (Lipinski definition) is 5. The number of aryl methyl sites for hydroxylation is 1. The molecule has 0 fully saturated rings. The number of hydrogen-bond donors (Lipinski definition) is 3. The number of nitrogens with zero attached hydrogens (tertiary/aromatic N) is 2. The summed E-state index contributed by atoms with van der Waals surface area (Å²) in [6.07, 6.45) is 1.76. The van der Waals surface area contributed by atoms with Gasteiger partial charge in [-0.1, -0.05) is 6.92 Å². The number of carbonyl (C=O) groups is 1. The van der Waals surface area contributed by atoms with Crippen LogP contribution in [0.2, 0.25) is 0 Å². The third kappa shape index (κ3) is 6.03. The Bertz CT molecular complexity index is 423. The maximum absolute atomic E-state index is 10.4. The molecule has 1 rings (SSSR count). The molecule has 1 atom stereocenters. The smallest absolute Gasteiger partial charge is 0.303 e. The van der Waals surface area contributed by atoms with E-state index >= 15 is 0 Å². The minimum atomic E-state index is -0.778. The van der Waals surface area contributed by atoms with Crippen molar-refractivity contribution < 1.29 is 9.90 Å². The third-order valence-electron chi connectivity index (χ3n) is 2.72. The summed E-state index contributed by atoms with van der Waals surface area (Å²) in [7, 11) is 0. The molecule has 0 radical (unpaired) electrons. The maximum Gasteiger partial charge on any atom is 0.303 e. The molecule has 3 N–H and O–H groups in total. The summed E-state index contributed by atoms with van der Waals surface area (Å²) < 4.78 is 0. The average Bonchev–Trinajstić information content (AvgIpc) is 2.33. The first-order valence-electron chi connectivity index (χ1n) is 6.59. The van der Waals surface area contributed by atoms with E-state index < -0.39 is 5.97 Å². The van der Waals surface area contributed by atoms with Crippen LogP contribution in [0.4, 0.5) is 11.6 Å². The molecular weight excluding hydrogens is 244 g/mol. The van der Waals surface area contributed by atoms with E-state index in [0.29, 0.717) is 24.8 Å². The lowest BCUT2D eigenvalue weighted by atomic mass is 10.2. The molecule has 1 aromatic heterocycles. The number of carboxylic acids is 1. The van der Waals surface area contributed by atoms with Gasteiger partial charge >= 0.3 is 5.97 Å². The monoisotopic (exact) mass is 266 g/mol. The van der Waals surface area contributed by atoms with Gasteiger partial charge in [0.2, 0.25) is 0 Å². The van der Waals surface area contributed by atoms with Gasteiger partial charge in [0, 0.05) is 25.1 Å². The van der Waals surface area contributed by atoms with E-state index in [1.165, 1.54) is 0 Å². The van der Waals surface area contributed by atoms with Crippen molar-refractivity contribution >= 4 is 17.6 Å². The number of aromatic nitrogens is 2. The van der Waals surface area contributed by atoms with Gasteiger partial charge in [-0.25, -0.2) is 9.97 Å². The normalized spacial score (nSPS) is 11.9. The molecule has 106 valence electrons. The van der Waals surface area contributed by atoms with Gasteiger partial charge in [0.25, 0.3) is 0 Å². The maximum atomic E-state index is 10.4. The fourth-order valence-electron chi connectivity index (χ4n) is 1.54. The van der Waals surface area contributed by atoms with Crippen molar-refractivity contribution in [3.63, 3.8) is 0 Å². The second-order valence-corrected chi connectivity index (χ2v) is 4.56. The van der Waals surface area contributed by atoms with E-state index in [9.17, 15) is 4.79 Å². The summed E-state index contributed by atoms with van der Waals surface area (Å²) >= 11 is 0. The highest BCUT2D eigenvalue weighted by Crippen LogP contribution is 2.13. The molecule has 0 saturated heterocycles. The second kappa shape index (κ2) is 7.56. The predicted molar refractivity (Wildman–Crippen MR) is 75.5 cm³/mol. The molecule has 6 heteroatoms. The highest BCUT2D eigenvalue weighted by molar-refractivity contribution is 5.66. The second-order valence-electron chi connectivity index (χ2n) is 4.56. The van der Waals surface area contributed by atoms with Crippen molar-refractivity contribution in [1.82, 2.24) is 9.97 Å². The fourth-order valence-corrected chi connectivity index (χ4v) is 1.54. The fraction of sp³-hybridized carbons (Fsp3) is 0.615. The molecule has 0 aromatic carbocycles. The topological polar surface area (TPSA) is 87.1 Å². The lowest BCUT2D eigenvalue weighted by molar-refractivity contribution is -0.137. The largest absolute Gasteiger partial charge is 0.481 e. The standard InChI is InChI=1S/C13H22N4O2/c1-4-9(2)15-12-8-11(16-10(3)17-12)14-7-5-6-13(18)19/h8-9H,4-7H2,1-3H3,(H,18,19)(H2,14,15,16,17). The Balaban J connectivity index is 2.55. The highest BCUT2D eigenvalue weighted by atomic mass is 16.4. The molecule has 0 aliphatic rings. The van der Waals surface area contributed by atoms with Crippen molar-refractivity contribution in [3.05, 3.63) is 11.9 Å². The van der Waals surface area contributed by atoms with Crippen LogP contribution >= 0.6 is 0 Å². The van der Waals surface area contributed by atoms with Gasteiger partial charge in [-0.15, -0.1) is 0 Å². The number of aliphatic carboxylic acids is 1. The minimum absolute atomic E-state index is 0.162. The molecule has 0 bridgehead atoms. The minimum Gasteiger partial charge on any atom is -0.481 e. The van der Waals surface area contributed by atoms with Crippen molar-refractivity contribution in [3.8, 4) is 0 Å². The Morgan fingerprint density at radius 2 is 2.11 bits per heavy atom. The first kappa shape index (κ1) is 15.2. The van der Waals surface area contributed by atoms with Gasteiger partial charge in [0.15, 0.2) is 0 Å². The van der Waals surface area contributed by atoms with E-state index in [4.69, 9.17) is 5.11 Å². The van der Waals surface area contributed by atoms with Gasteiger partial charge in [0.1, 0.15) is 17.5 Å². The van der Waals surface area contributed by atoms with Gasteiger partial charge in [-0.2, -0.15) is 0 Å². The molecule has 19 heavy (non-hydrogen) atoms. The molecule has 0 aliphatic carbocycles. The Labute approximate surface area is 113 Å². The Hall–Kier alpha value is -1.85. The number of carboxylic acid groups (broad SMARTS) is 1. The molecule has 0 amide bonds. The van der Waals surface area contributed by atoms with Crippen LogP contribution in [0.1, 0.15) is 38.9 Å². The van der Waals surface area contributed by atoms with Crippen LogP contribution in [0.25, 0.3) is 0 Å². The molecule has 0 saturated carbocycles. The van der Waals surface area contributed by atoms with Crippen molar-refractivity contribution in [1.29, 1.82) is 0 Å². The van der Waals surface area contributed by atoms with Crippen LogP contribution in [-0.4, -0.2) is 33.6 Å². The lowest BCUT2D eigenvalue weighted by Crippen LogP contribution is -2.16. The molecule has 6 nitrogen and oxygen atoms in total. The number of nitrogens with one attached hydrogen (secondary N) is 2. The van der Waals surface area contributed by atoms with E-state index in [1.807, 2.05) is 13.0 Å². The number of anilines is 2. The third-order valence-corrected chi connectivity index (χ3v) is 2.72.